The molecule has 0 unspecified atom stereocenters. The molecule has 1 saturated heterocycles. The number of likely N-dealkylation sites (tertiary alicyclic amines) is 1. The molecule has 0 aromatic heterocycles. The molecule has 2 aromatic rings. The maximum absolute atomic E-state index is 13.1. The van der Waals surface area contributed by atoms with Crippen molar-refractivity contribution in [2.45, 2.75) is 39.3 Å². The Morgan fingerprint density at radius 1 is 1.03 bits per heavy atom. The van der Waals surface area contributed by atoms with E-state index >= 15 is 0 Å². The number of benzene rings is 2. The average Bonchev–Trinajstić information content (AvgIpc) is 3.06. The smallest absolute Gasteiger partial charge is 0.295 e. The molecule has 1 heterocycles. The lowest BCUT2D eigenvalue weighted by Gasteiger charge is -2.26. The van der Waals surface area contributed by atoms with E-state index in [4.69, 9.17) is 9.47 Å². The normalized spacial score (nSPS) is 17.6. The first kappa shape index (κ1) is 25.3. The highest BCUT2D eigenvalue weighted by Crippen LogP contribution is 2.39. The summed E-state index contributed by atoms with van der Waals surface area (Å²) in [6.45, 7) is 7.45. The maximum Gasteiger partial charge on any atom is 0.295 e. The fourth-order valence-electron chi connectivity index (χ4n) is 3.85. The van der Waals surface area contributed by atoms with Crippen LogP contribution in [0.2, 0.25) is 0 Å². The molecule has 0 spiro atoms. The van der Waals surface area contributed by atoms with E-state index in [1.165, 1.54) is 4.90 Å². The Kier molecular flexibility index (Phi) is 8.34. The van der Waals surface area contributed by atoms with E-state index in [-0.39, 0.29) is 17.4 Å². The molecule has 0 radical (unpaired) electrons. The fraction of sp³-hybridized carbons (Fsp3) is 0.407. The first-order valence-corrected chi connectivity index (χ1v) is 11.7. The van der Waals surface area contributed by atoms with Crippen molar-refractivity contribution in [3.63, 3.8) is 0 Å². The van der Waals surface area contributed by atoms with E-state index < -0.39 is 17.7 Å². The molecule has 3 rings (SSSR count). The highest BCUT2D eigenvalue weighted by atomic mass is 16.5. The van der Waals surface area contributed by atoms with Crippen LogP contribution in [0.1, 0.15) is 44.4 Å². The number of aliphatic hydroxyl groups is 1. The Bertz CT molecular complexity index is 1030. The van der Waals surface area contributed by atoms with Gasteiger partial charge in [-0.25, -0.2) is 0 Å². The van der Waals surface area contributed by atoms with Gasteiger partial charge in [-0.15, -0.1) is 0 Å². The summed E-state index contributed by atoms with van der Waals surface area (Å²) in [4.78, 5) is 29.6. The van der Waals surface area contributed by atoms with E-state index in [1.54, 1.807) is 24.3 Å². The van der Waals surface area contributed by atoms with Crippen molar-refractivity contribution in [1.29, 1.82) is 0 Å². The summed E-state index contributed by atoms with van der Waals surface area (Å²) in [5.41, 5.74) is 1.28. The van der Waals surface area contributed by atoms with Crippen molar-refractivity contribution in [2.24, 2.45) is 0 Å². The lowest BCUT2D eigenvalue weighted by molar-refractivity contribution is -0.140. The Hall–Kier alpha value is -3.32. The van der Waals surface area contributed by atoms with Gasteiger partial charge < -0.3 is 24.4 Å². The van der Waals surface area contributed by atoms with Crippen LogP contribution in [0.5, 0.6) is 11.5 Å². The quantitative estimate of drug-likeness (QED) is 0.320. The summed E-state index contributed by atoms with van der Waals surface area (Å²) in [5, 5.41) is 11.2. The first-order valence-electron chi connectivity index (χ1n) is 11.7. The summed E-state index contributed by atoms with van der Waals surface area (Å²) in [5.74, 6) is -0.108. The van der Waals surface area contributed by atoms with Crippen LogP contribution in [0.4, 0.5) is 0 Å². The van der Waals surface area contributed by atoms with Gasteiger partial charge in [-0.3, -0.25) is 9.59 Å². The summed E-state index contributed by atoms with van der Waals surface area (Å²) < 4.78 is 11.3. The standard InChI is InChI=1S/C27H34N2O5/c1-6-17-33-21-11-9-20(10-12-21)25(30)23-24(19-7-13-22(14-8-19)34-18(2)3)29(16-15-28(4)5)27(32)26(23)31/h7-14,18,24,30H,6,15-17H2,1-5H3/t24-/m0/s1. The third-order valence-corrected chi connectivity index (χ3v) is 5.50. The van der Waals surface area contributed by atoms with Crippen molar-refractivity contribution in [3.05, 3.63) is 65.2 Å². The molecule has 1 amide bonds. The number of carbonyl (C=O) groups excluding carboxylic acids is 2. The minimum atomic E-state index is -0.691. The summed E-state index contributed by atoms with van der Waals surface area (Å²) in [6.07, 6.45) is 0.917. The molecule has 7 nitrogen and oxygen atoms in total. The van der Waals surface area contributed by atoms with Gasteiger partial charge in [0.1, 0.15) is 17.3 Å². The summed E-state index contributed by atoms with van der Waals surface area (Å²) in [7, 11) is 3.82. The Balaban J connectivity index is 2.03. The third-order valence-electron chi connectivity index (χ3n) is 5.50. The van der Waals surface area contributed by atoms with Crippen LogP contribution in [-0.4, -0.2) is 66.5 Å². The molecule has 2 aromatic carbocycles. The first-order chi connectivity index (χ1) is 16.2. The lowest BCUT2D eigenvalue weighted by Crippen LogP contribution is -2.35. The molecular weight excluding hydrogens is 432 g/mol. The Morgan fingerprint density at radius 2 is 1.65 bits per heavy atom. The van der Waals surface area contributed by atoms with Crippen LogP contribution in [0.25, 0.3) is 5.76 Å². The van der Waals surface area contributed by atoms with Gasteiger partial charge in [-0.05, 0) is 76.3 Å². The minimum Gasteiger partial charge on any atom is -0.507 e. The highest BCUT2D eigenvalue weighted by Gasteiger charge is 2.45. The molecule has 34 heavy (non-hydrogen) atoms. The number of carbonyl (C=O) groups is 2. The van der Waals surface area contributed by atoms with Crippen molar-refractivity contribution in [2.75, 3.05) is 33.8 Å². The SMILES string of the molecule is CCCOc1ccc(C(O)=C2C(=O)C(=O)N(CCN(C)C)[C@H]2c2ccc(OC(C)C)cc2)cc1. The van der Waals surface area contributed by atoms with Gasteiger partial charge in [0.25, 0.3) is 11.7 Å². The van der Waals surface area contributed by atoms with E-state index in [9.17, 15) is 14.7 Å². The number of likely N-dealkylation sites (N-methyl/N-ethyl adjacent to an activating group) is 1. The molecule has 1 atom stereocenters. The van der Waals surface area contributed by atoms with Gasteiger partial charge in [0, 0.05) is 18.7 Å². The van der Waals surface area contributed by atoms with E-state index in [0.29, 0.717) is 36.8 Å². The molecular formula is C27H34N2O5. The predicted molar refractivity (Wildman–Crippen MR) is 132 cm³/mol. The van der Waals surface area contributed by atoms with Crippen molar-refractivity contribution in [1.82, 2.24) is 9.80 Å². The number of nitrogens with zero attached hydrogens (tertiary/aromatic N) is 2. The third kappa shape index (κ3) is 5.78. The fourth-order valence-corrected chi connectivity index (χ4v) is 3.85. The Labute approximate surface area is 201 Å². The zero-order chi connectivity index (χ0) is 24.8. The van der Waals surface area contributed by atoms with Gasteiger partial charge in [0.05, 0.1) is 24.3 Å². The summed E-state index contributed by atoms with van der Waals surface area (Å²) >= 11 is 0. The van der Waals surface area contributed by atoms with Gasteiger partial charge in [-0.1, -0.05) is 19.1 Å². The van der Waals surface area contributed by atoms with E-state index in [1.807, 2.05) is 64.0 Å². The van der Waals surface area contributed by atoms with Gasteiger partial charge in [0.15, 0.2) is 0 Å². The lowest BCUT2D eigenvalue weighted by atomic mass is 9.95. The van der Waals surface area contributed by atoms with Crippen LogP contribution < -0.4 is 9.47 Å². The number of amides is 1. The molecule has 1 aliphatic heterocycles. The minimum absolute atomic E-state index is 0.0286. The van der Waals surface area contributed by atoms with Crippen molar-refractivity contribution >= 4 is 17.4 Å². The molecule has 7 heteroatoms. The van der Waals surface area contributed by atoms with E-state index in [0.717, 1.165) is 12.0 Å². The zero-order valence-electron chi connectivity index (χ0n) is 20.6. The van der Waals surface area contributed by atoms with Crippen molar-refractivity contribution < 1.29 is 24.2 Å². The van der Waals surface area contributed by atoms with Crippen LogP contribution in [-0.2, 0) is 9.59 Å². The second-order valence-electron chi connectivity index (χ2n) is 8.90. The Morgan fingerprint density at radius 3 is 2.21 bits per heavy atom. The second kappa shape index (κ2) is 11.2. The summed E-state index contributed by atoms with van der Waals surface area (Å²) in [6, 6.07) is 13.5. The van der Waals surface area contributed by atoms with Crippen molar-refractivity contribution in [3.8, 4) is 11.5 Å². The zero-order valence-corrected chi connectivity index (χ0v) is 20.6. The molecule has 1 fully saturated rings. The number of rotatable bonds is 10. The largest absolute Gasteiger partial charge is 0.507 e. The number of ketones is 1. The number of hydrogen-bond acceptors (Lipinski definition) is 6. The van der Waals surface area contributed by atoms with Crippen LogP contribution in [0, 0.1) is 0 Å². The average molecular weight is 467 g/mol. The van der Waals surface area contributed by atoms with Gasteiger partial charge >= 0.3 is 0 Å². The number of aliphatic hydroxyl groups excluding tert-OH is 1. The molecule has 0 aliphatic carbocycles. The van der Waals surface area contributed by atoms with Crippen LogP contribution in [0.15, 0.2) is 54.1 Å². The molecule has 1 N–H and O–H groups in total. The van der Waals surface area contributed by atoms with Crippen LogP contribution >= 0.6 is 0 Å². The maximum atomic E-state index is 13.1. The molecule has 0 bridgehead atoms. The highest BCUT2D eigenvalue weighted by molar-refractivity contribution is 6.46. The molecule has 0 saturated carbocycles. The van der Waals surface area contributed by atoms with Gasteiger partial charge in [0.2, 0.25) is 0 Å². The monoisotopic (exact) mass is 466 g/mol. The topological polar surface area (TPSA) is 79.3 Å². The number of ether oxygens (including phenoxy) is 2. The number of hydrogen-bond donors (Lipinski definition) is 1. The molecule has 182 valence electrons. The van der Waals surface area contributed by atoms with E-state index in [2.05, 4.69) is 0 Å². The van der Waals surface area contributed by atoms with Gasteiger partial charge in [-0.2, -0.15) is 0 Å². The molecule has 1 aliphatic rings. The predicted octanol–water partition coefficient (Wildman–Crippen LogP) is 4.25. The van der Waals surface area contributed by atoms with Crippen LogP contribution in [0.3, 0.4) is 0 Å². The second-order valence-corrected chi connectivity index (χ2v) is 8.90. The number of Topliss-reactive ketones (excluding diaryl/α,β-unsaturated/α-hetero) is 1.